The second-order valence-electron chi connectivity index (χ2n) is 5.36. The zero-order valence-electron chi connectivity index (χ0n) is 14.2. The van der Waals surface area contributed by atoms with E-state index in [4.69, 9.17) is 21.6 Å². The van der Waals surface area contributed by atoms with E-state index in [0.29, 0.717) is 10.7 Å². The summed E-state index contributed by atoms with van der Waals surface area (Å²) >= 11 is 5.72. The van der Waals surface area contributed by atoms with Crippen LogP contribution in [0, 0.1) is 11.3 Å². The first-order chi connectivity index (χ1) is 12.9. The number of hydrogen-bond acceptors (Lipinski definition) is 6. The van der Waals surface area contributed by atoms with Gasteiger partial charge in [0, 0.05) is 11.9 Å². The van der Waals surface area contributed by atoms with Crippen LogP contribution < -0.4 is 10.6 Å². The molecule has 0 unspecified atom stereocenters. The molecule has 2 N–H and O–H groups in total. The molecule has 0 bridgehead atoms. The predicted octanol–water partition coefficient (Wildman–Crippen LogP) is 2.77. The van der Waals surface area contributed by atoms with Crippen molar-refractivity contribution in [1.82, 2.24) is 4.98 Å². The van der Waals surface area contributed by atoms with Gasteiger partial charge >= 0.3 is 5.97 Å². The average molecular weight is 387 g/mol. The van der Waals surface area contributed by atoms with Gasteiger partial charge in [-0.1, -0.05) is 11.6 Å². The Morgan fingerprint density at radius 1 is 1.19 bits per heavy atom. The molecule has 0 aliphatic rings. The van der Waals surface area contributed by atoms with Gasteiger partial charge in [0.1, 0.15) is 12.2 Å². The lowest BCUT2D eigenvalue weighted by Gasteiger charge is -2.13. The van der Waals surface area contributed by atoms with Gasteiger partial charge in [0.15, 0.2) is 6.10 Å². The Morgan fingerprint density at radius 2 is 1.89 bits per heavy atom. The van der Waals surface area contributed by atoms with Crippen LogP contribution in [0.5, 0.6) is 0 Å². The number of aromatic nitrogens is 1. The van der Waals surface area contributed by atoms with E-state index in [-0.39, 0.29) is 17.8 Å². The Hall–Kier alpha value is -3.44. The van der Waals surface area contributed by atoms with Gasteiger partial charge in [-0.15, -0.1) is 0 Å². The summed E-state index contributed by atoms with van der Waals surface area (Å²) in [6, 6.07) is 10.7. The first-order valence-corrected chi connectivity index (χ1v) is 8.17. The Balaban J connectivity index is 1.91. The molecule has 1 aromatic carbocycles. The maximum atomic E-state index is 12.1. The van der Waals surface area contributed by atoms with Gasteiger partial charge in [0.2, 0.25) is 5.91 Å². The molecule has 0 aliphatic heterocycles. The van der Waals surface area contributed by atoms with Gasteiger partial charge in [-0.3, -0.25) is 9.59 Å². The topological polar surface area (TPSA) is 121 Å². The standard InChI is InChI=1S/C18H15ClN4O4/c1-11(17(25)23-15-7-4-13(19)10-21-15)27-18(26)12-2-5-14(6-3-12)22-16(24)8-9-20/h2-7,10-11H,8H2,1H3,(H,22,24)(H,21,23,25)/t11-/m1/s1. The van der Waals surface area contributed by atoms with E-state index in [1.54, 1.807) is 12.1 Å². The predicted molar refractivity (Wildman–Crippen MR) is 98.1 cm³/mol. The number of amides is 2. The van der Waals surface area contributed by atoms with Crippen molar-refractivity contribution in [3.8, 4) is 6.07 Å². The van der Waals surface area contributed by atoms with E-state index in [2.05, 4.69) is 15.6 Å². The lowest BCUT2D eigenvalue weighted by atomic mass is 10.2. The number of benzene rings is 1. The SMILES string of the molecule is C[C@@H](OC(=O)c1ccc(NC(=O)CC#N)cc1)C(=O)Nc1ccc(Cl)cn1. The van der Waals surface area contributed by atoms with Crippen molar-refractivity contribution in [2.24, 2.45) is 0 Å². The van der Waals surface area contributed by atoms with E-state index in [9.17, 15) is 14.4 Å². The van der Waals surface area contributed by atoms with Gasteiger partial charge in [-0.05, 0) is 43.3 Å². The van der Waals surface area contributed by atoms with E-state index in [1.807, 2.05) is 0 Å². The van der Waals surface area contributed by atoms with Crippen molar-refractivity contribution >= 4 is 40.9 Å². The summed E-state index contributed by atoms with van der Waals surface area (Å²) in [6.45, 7) is 1.43. The molecule has 2 aromatic rings. The molecule has 0 radical (unpaired) electrons. The molecular weight excluding hydrogens is 372 g/mol. The number of halogens is 1. The zero-order chi connectivity index (χ0) is 19.8. The van der Waals surface area contributed by atoms with Crippen LogP contribution in [0.15, 0.2) is 42.6 Å². The monoisotopic (exact) mass is 386 g/mol. The Kier molecular flexibility index (Phi) is 6.86. The first kappa shape index (κ1) is 19.9. The third-order valence-corrected chi connectivity index (χ3v) is 3.50. The summed E-state index contributed by atoms with van der Waals surface area (Å²) < 4.78 is 5.12. The zero-order valence-corrected chi connectivity index (χ0v) is 15.0. The quantitative estimate of drug-likeness (QED) is 0.736. The van der Waals surface area contributed by atoms with Crippen LogP contribution in [0.25, 0.3) is 0 Å². The lowest BCUT2D eigenvalue weighted by molar-refractivity contribution is -0.123. The largest absolute Gasteiger partial charge is 0.449 e. The smallest absolute Gasteiger partial charge is 0.338 e. The molecule has 0 spiro atoms. The fourth-order valence-electron chi connectivity index (χ4n) is 1.93. The molecule has 8 nitrogen and oxygen atoms in total. The van der Waals surface area contributed by atoms with Crippen LogP contribution >= 0.6 is 11.6 Å². The number of nitriles is 1. The number of carbonyl (C=O) groups excluding carboxylic acids is 3. The molecule has 0 saturated carbocycles. The van der Waals surface area contributed by atoms with E-state index in [0.717, 1.165) is 0 Å². The van der Waals surface area contributed by atoms with Crippen LogP contribution in [-0.2, 0) is 14.3 Å². The maximum Gasteiger partial charge on any atom is 0.338 e. The molecule has 1 aromatic heterocycles. The van der Waals surface area contributed by atoms with Crippen LogP contribution in [0.3, 0.4) is 0 Å². The molecule has 0 fully saturated rings. The minimum atomic E-state index is -1.05. The molecule has 2 rings (SSSR count). The molecule has 138 valence electrons. The van der Waals surface area contributed by atoms with Crippen molar-refractivity contribution in [3.05, 3.63) is 53.2 Å². The molecule has 9 heteroatoms. The summed E-state index contributed by atoms with van der Waals surface area (Å²) in [4.78, 5) is 39.5. The number of pyridine rings is 1. The van der Waals surface area contributed by atoms with Gasteiger partial charge in [0.05, 0.1) is 16.7 Å². The summed E-state index contributed by atoms with van der Waals surface area (Å²) in [5.41, 5.74) is 0.643. The fraction of sp³-hybridized carbons (Fsp3) is 0.167. The first-order valence-electron chi connectivity index (χ1n) is 7.79. The molecule has 2 amide bonds. The number of nitrogens with one attached hydrogen (secondary N) is 2. The number of esters is 1. The summed E-state index contributed by atoms with van der Waals surface area (Å²) in [7, 11) is 0. The van der Waals surface area contributed by atoms with E-state index in [1.165, 1.54) is 43.5 Å². The summed E-state index contributed by atoms with van der Waals surface area (Å²) in [5, 5.41) is 13.9. The average Bonchev–Trinajstić information content (AvgIpc) is 2.64. The van der Waals surface area contributed by atoms with Crippen molar-refractivity contribution in [3.63, 3.8) is 0 Å². The fourth-order valence-corrected chi connectivity index (χ4v) is 2.04. The van der Waals surface area contributed by atoms with Crippen molar-refractivity contribution < 1.29 is 19.1 Å². The van der Waals surface area contributed by atoms with Crippen LogP contribution in [-0.4, -0.2) is 28.9 Å². The highest BCUT2D eigenvalue weighted by Gasteiger charge is 2.19. The molecular formula is C18H15ClN4O4. The molecule has 1 atom stereocenters. The Bertz CT molecular complexity index is 876. The molecule has 1 heterocycles. The van der Waals surface area contributed by atoms with Crippen LogP contribution in [0.2, 0.25) is 5.02 Å². The molecule has 27 heavy (non-hydrogen) atoms. The van der Waals surface area contributed by atoms with Crippen molar-refractivity contribution in [2.45, 2.75) is 19.4 Å². The Morgan fingerprint density at radius 3 is 2.48 bits per heavy atom. The molecule has 0 aliphatic carbocycles. The maximum absolute atomic E-state index is 12.1. The minimum Gasteiger partial charge on any atom is -0.449 e. The normalized spacial score (nSPS) is 11.0. The number of anilines is 2. The van der Waals surface area contributed by atoms with Gasteiger partial charge in [-0.25, -0.2) is 9.78 Å². The van der Waals surface area contributed by atoms with Crippen LogP contribution in [0.1, 0.15) is 23.7 Å². The number of ether oxygens (including phenoxy) is 1. The number of nitrogens with zero attached hydrogens (tertiary/aromatic N) is 2. The number of rotatable bonds is 6. The second kappa shape index (κ2) is 9.31. The highest BCUT2D eigenvalue weighted by molar-refractivity contribution is 6.30. The van der Waals surface area contributed by atoms with Gasteiger partial charge in [0.25, 0.3) is 5.91 Å². The van der Waals surface area contributed by atoms with Crippen molar-refractivity contribution in [1.29, 1.82) is 5.26 Å². The third-order valence-electron chi connectivity index (χ3n) is 3.28. The van der Waals surface area contributed by atoms with Gasteiger partial charge < -0.3 is 15.4 Å². The number of carbonyl (C=O) groups is 3. The highest BCUT2D eigenvalue weighted by Crippen LogP contribution is 2.13. The Labute approximate surface area is 160 Å². The number of hydrogen-bond donors (Lipinski definition) is 2. The molecule has 0 saturated heterocycles. The lowest BCUT2D eigenvalue weighted by Crippen LogP contribution is -2.30. The highest BCUT2D eigenvalue weighted by atomic mass is 35.5. The van der Waals surface area contributed by atoms with Crippen LogP contribution in [0.4, 0.5) is 11.5 Å². The summed E-state index contributed by atoms with van der Waals surface area (Å²) in [6.07, 6.45) is 0.0638. The second-order valence-corrected chi connectivity index (χ2v) is 5.80. The van der Waals surface area contributed by atoms with Gasteiger partial charge in [-0.2, -0.15) is 5.26 Å². The third kappa shape index (κ3) is 6.09. The minimum absolute atomic E-state index is 0.206. The van der Waals surface area contributed by atoms with E-state index < -0.39 is 23.9 Å². The van der Waals surface area contributed by atoms with E-state index >= 15 is 0 Å². The summed E-state index contributed by atoms with van der Waals surface area (Å²) in [5.74, 6) is -1.41. The van der Waals surface area contributed by atoms with Crippen molar-refractivity contribution in [2.75, 3.05) is 10.6 Å².